The molecule has 2 rings (SSSR count). The van der Waals surface area contributed by atoms with E-state index in [0.29, 0.717) is 0 Å². The van der Waals surface area contributed by atoms with Crippen LogP contribution in [-0.2, 0) is 6.54 Å². The molecule has 2 aromatic rings. The van der Waals surface area contributed by atoms with Gasteiger partial charge in [0.25, 0.3) is 0 Å². The molecule has 2 heterocycles. The maximum Gasteiger partial charge on any atom is 0.131 e. The summed E-state index contributed by atoms with van der Waals surface area (Å²) < 4.78 is 4.59. The number of aliphatic hydroxyl groups excluding tert-OH is 1. The Balaban J connectivity index is 2.29. The van der Waals surface area contributed by atoms with Gasteiger partial charge >= 0.3 is 0 Å². The Morgan fingerprint density at radius 2 is 2.05 bits per heavy atom. The Bertz CT molecular complexity index is 577. The molecule has 0 bridgehead atoms. The molecular weight excluding hydrogens is 474 g/mol. The number of hydrogen-bond acceptors (Lipinski definition) is 4. The van der Waals surface area contributed by atoms with Crippen LogP contribution in [0.15, 0.2) is 25.0 Å². The van der Waals surface area contributed by atoms with Gasteiger partial charge < -0.3 is 10.0 Å². The minimum Gasteiger partial charge on any atom is -0.381 e. The van der Waals surface area contributed by atoms with Crippen LogP contribution in [0.5, 0.6) is 0 Å². The topological polar surface area (TPSA) is 41.3 Å². The molecule has 20 heavy (non-hydrogen) atoms. The van der Waals surface area contributed by atoms with Gasteiger partial charge in [-0.1, -0.05) is 0 Å². The Hall–Kier alpha value is 0.270. The highest BCUT2D eigenvalue weighted by atomic mass is 79.9. The van der Waals surface area contributed by atoms with E-state index in [0.717, 1.165) is 36.4 Å². The predicted octanol–water partition coefficient (Wildman–Crippen LogP) is 3.88. The number of nitrogens with zero attached hydrogens (tertiary/aromatic N) is 3. The van der Waals surface area contributed by atoms with Gasteiger partial charge in [-0.25, -0.2) is 0 Å². The standard InChI is InChI=1S/C12H14Br3N3OS/c1-17(2)3-4-18-10(8(14)6-16-18)11(19)9-5-7(13)12(15)20-9/h5-6,11,19H,3-4H2,1-2H3. The Morgan fingerprint density at radius 3 is 2.60 bits per heavy atom. The first kappa shape index (κ1) is 16.6. The van der Waals surface area contributed by atoms with Crippen molar-refractivity contribution in [1.29, 1.82) is 0 Å². The van der Waals surface area contributed by atoms with Gasteiger partial charge in [-0.3, -0.25) is 4.68 Å². The molecule has 0 aliphatic heterocycles. The lowest BCUT2D eigenvalue weighted by molar-refractivity contribution is 0.208. The lowest BCUT2D eigenvalue weighted by atomic mass is 10.2. The van der Waals surface area contributed by atoms with Crippen molar-refractivity contribution in [3.8, 4) is 0 Å². The van der Waals surface area contributed by atoms with E-state index in [4.69, 9.17) is 0 Å². The third-order valence-electron chi connectivity index (χ3n) is 2.78. The molecule has 1 unspecified atom stereocenters. The van der Waals surface area contributed by atoms with Crippen molar-refractivity contribution in [3.63, 3.8) is 0 Å². The molecule has 0 aliphatic carbocycles. The van der Waals surface area contributed by atoms with Crippen molar-refractivity contribution in [2.75, 3.05) is 20.6 Å². The van der Waals surface area contributed by atoms with Crippen molar-refractivity contribution >= 4 is 59.1 Å². The van der Waals surface area contributed by atoms with Gasteiger partial charge in [0.15, 0.2) is 0 Å². The van der Waals surface area contributed by atoms with Gasteiger partial charge in [0, 0.05) is 15.9 Å². The van der Waals surface area contributed by atoms with Crippen LogP contribution in [-0.4, -0.2) is 40.4 Å². The van der Waals surface area contributed by atoms with Gasteiger partial charge in [0.05, 0.1) is 26.7 Å². The second-order valence-electron chi connectivity index (χ2n) is 4.58. The highest BCUT2D eigenvalue weighted by Gasteiger charge is 2.22. The predicted molar refractivity (Wildman–Crippen MR) is 92.3 cm³/mol. The van der Waals surface area contributed by atoms with Gasteiger partial charge in [-0.15, -0.1) is 11.3 Å². The normalized spacial score (nSPS) is 13.2. The van der Waals surface area contributed by atoms with Crippen LogP contribution < -0.4 is 0 Å². The molecule has 0 spiro atoms. The second-order valence-corrected chi connectivity index (χ2v) is 8.69. The minimum atomic E-state index is -0.693. The molecule has 8 heteroatoms. The monoisotopic (exact) mass is 485 g/mol. The second kappa shape index (κ2) is 7.02. The summed E-state index contributed by atoms with van der Waals surface area (Å²) in [7, 11) is 4.03. The molecule has 0 aliphatic rings. The molecule has 2 aromatic heterocycles. The number of halogens is 3. The van der Waals surface area contributed by atoms with Crippen LogP contribution in [0.2, 0.25) is 0 Å². The summed E-state index contributed by atoms with van der Waals surface area (Å²) in [6, 6.07) is 1.93. The minimum absolute atomic E-state index is 0.693. The van der Waals surface area contributed by atoms with E-state index in [9.17, 15) is 5.11 Å². The van der Waals surface area contributed by atoms with E-state index in [-0.39, 0.29) is 0 Å². The average molecular weight is 488 g/mol. The maximum absolute atomic E-state index is 10.6. The van der Waals surface area contributed by atoms with E-state index < -0.39 is 6.10 Å². The lowest BCUT2D eigenvalue weighted by Crippen LogP contribution is -2.21. The van der Waals surface area contributed by atoms with Crippen molar-refractivity contribution in [3.05, 3.63) is 35.6 Å². The number of aliphatic hydroxyl groups is 1. The van der Waals surface area contributed by atoms with Crippen molar-refractivity contribution in [1.82, 2.24) is 14.7 Å². The first-order chi connectivity index (χ1) is 9.40. The number of likely N-dealkylation sites (N-methyl/N-ethyl adjacent to an activating group) is 1. The molecule has 1 N–H and O–H groups in total. The third kappa shape index (κ3) is 3.72. The van der Waals surface area contributed by atoms with Crippen LogP contribution >= 0.6 is 59.1 Å². The molecule has 0 aromatic carbocycles. The molecule has 0 amide bonds. The first-order valence-corrected chi connectivity index (χ1v) is 9.08. The fraction of sp³-hybridized carbons (Fsp3) is 0.417. The smallest absolute Gasteiger partial charge is 0.131 e. The SMILES string of the molecule is CN(C)CCn1ncc(Br)c1C(O)c1cc(Br)c(Br)s1. The highest BCUT2D eigenvalue weighted by molar-refractivity contribution is 9.13. The average Bonchev–Trinajstić information content (AvgIpc) is 2.90. The first-order valence-electron chi connectivity index (χ1n) is 5.89. The molecular formula is C12H14Br3N3OS. The van der Waals surface area contributed by atoms with Crippen molar-refractivity contribution < 1.29 is 5.11 Å². The van der Waals surface area contributed by atoms with Gasteiger partial charge in [0.2, 0.25) is 0 Å². The molecule has 0 fully saturated rings. The zero-order valence-corrected chi connectivity index (χ0v) is 16.6. The van der Waals surface area contributed by atoms with E-state index in [1.807, 2.05) is 24.8 Å². The Labute approximate surface area is 147 Å². The van der Waals surface area contributed by atoms with Gasteiger partial charge in [-0.2, -0.15) is 5.10 Å². The quantitative estimate of drug-likeness (QED) is 0.696. The molecule has 0 radical (unpaired) electrons. The largest absolute Gasteiger partial charge is 0.381 e. The summed E-state index contributed by atoms with van der Waals surface area (Å²) in [5.74, 6) is 0. The van der Waals surface area contributed by atoms with Crippen LogP contribution in [0.4, 0.5) is 0 Å². The Kier molecular flexibility index (Phi) is 5.84. The number of hydrogen-bond donors (Lipinski definition) is 1. The summed E-state index contributed by atoms with van der Waals surface area (Å²) >= 11 is 11.9. The third-order valence-corrected chi connectivity index (χ3v) is 6.70. The zero-order valence-electron chi connectivity index (χ0n) is 11.0. The van der Waals surface area contributed by atoms with Crippen LogP contribution in [0, 0.1) is 0 Å². The van der Waals surface area contributed by atoms with E-state index in [2.05, 4.69) is 57.8 Å². The van der Waals surface area contributed by atoms with Crippen molar-refractivity contribution in [2.24, 2.45) is 0 Å². The van der Waals surface area contributed by atoms with Crippen LogP contribution in [0.3, 0.4) is 0 Å². The molecule has 4 nitrogen and oxygen atoms in total. The zero-order chi connectivity index (χ0) is 14.9. The number of thiophene rings is 1. The summed E-state index contributed by atoms with van der Waals surface area (Å²) in [4.78, 5) is 2.96. The molecule has 0 saturated heterocycles. The Morgan fingerprint density at radius 1 is 1.35 bits per heavy atom. The van der Waals surface area contributed by atoms with Crippen molar-refractivity contribution in [2.45, 2.75) is 12.6 Å². The van der Waals surface area contributed by atoms with E-state index >= 15 is 0 Å². The van der Waals surface area contributed by atoms with E-state index in [1.165, 1.54) is 11.3 Å². The number of rotatable bonds is 5. The molecule has 0 saturated carbocycles. The summed E-state index contributed by atoms with van der Waals surface area (Å²) in [5.41, 5.74) is 0.785. The summed E-state index contributed by atoms with van der Waals surface area (Å²) in [5, 5.41) is 14.9. The molecule has 1 atom stereocenters. The van der Waals surface area contributed by atoms with Gasteiger partial charge in [-0.05, 0) is 68.0 Å². The van der Waals surface area contributed by atoms with E-state index in [1.54, 1.807) is 6.20 Å². The van der Waals surface area contributed by atoms with Crippen LogP contribution in [0.1, 0.15) is 16.7 Å². The lowest BCUT2D eigenvalue weighted by Gasteiger charge is -2.15. The van der Waals surface area contributed by atoms with Gasteiger partial charge in [0.1, 0.15) is 6.10 Å². The molecule has 110 valence electrons. The highest BCUT2D eigenvalue weighted by Crippen LogP contribution is 2.39. The summed E-state index contributed by atoms with van der Waals surface area (Å²) in [6.45, 7) is 1.60. The fourth-order valence-electron chi connectivity index (χ4n) is 1.75. The summed E-state index contributed by atoms with van der Waals surface area (Å²) in [6.07, 6.45) is 1.04. The fourth-order valence-corrected chi connectivity index (χ4v) is 4.34. The van der Waals surface area contributed by atoms with Crippen LogP contribution in [0.25, 0.3) is 0 Å². The maximum atomic E-state index is 10.6. The number of aromatic nitrogens is 2.